The van der Waals surface area contributed by atoms with Gasteiger partial charge in [0, 0.05) is 13.1 Å². The summed E-state index contributed by atoms with van der Waals surface area (Å²) in [7, 11) is 1.64. The van der Waals surface area contributed by atoms with Crippen LogP contribution in [0.15, 0.2) is 6.33 Å². The van der Waals surface area contributed by atoms with Crippen molar-refractivity contribution in [1.29, 1.82) is 0 Å². The predicted octanol–water partition coefficient (Wildman–Crippen LogP) is 2.86. The first-order chi connectivity index (χ1) is 9.33. The van der Waals surface area contributed by atoms with Crippen molar-refractivity contribution in [2.75, 3.05) is 42.8 Å². The fourth-order valence-electron chi connectivity index (χ4n) is 1.74. The number of unbranched alkanes of at least 4 members (excludes halogenated alkanes) is 2. The highest BCUT2D eigenvalue weighted by Gasteiger charge is 2.10. The molecule has 0 amide bonds. The summed E-state index contributed by atoms with van der Waals surface area (Å²) in [5.74, 6) is 3.43. The van der Waals surface area contributed by atoms with Gasteiger partial charge in [0.15, 0.2) is 11.6 Å². The zero-order valence-corrected chi connectivity index (χ0v) is 12.8. The fourth-order valence-corrected chi connectivity index (χ4v) is 2.23. The fraction of sp³-hybridized carbons (Fsp3) is 0.692. The molecule has 0 aromatic carbocycles. The summed E-state index contributed by atoms with van der Waals surface area (Å²) in [6.07, 6.45) is 7.35. The monoisotopic (exact) mass is 284 g/mol. The molecule has 5 nitrogen and oxygen atoms in total. The maximum absolute atomic E-state index is 5.37. The van der Waals surface area contributed by atoms with Gasteiger partial charge in [-0.1, -0.05) is 6.42 Å². The lowest BCUT2D eigenvalue weighted by Crippen LogP contribution is -2.09. The van der Waals surface area contributed by atoms with Gasteiger partial charge in [-0.2, -0.15) is 11.8 Å². The minimum Gasteiger partial charge on any atom is -0.490 e. The maximum Gasteiger partial charge on any atom is 0.204 e. The highest BCUT2D eigenvalue weighted by atomic mass is 32.2. The molecular weight excluding hydrogens is 260 g/mol. The van der Waals surface area contributed by atoms with Crippen LogP contribution in [-0.4, -0.2) is 42.2 Å². The minimum absolute atomic E-state index is 0.688. The van der Waals surface area contributed by atoms with E-state index in [0.717, 1.165) is 31.1 Å². The van der Waals surface area contributed by atoms with Crippen molar-refractivity contribution in [3.8, 4) is 5.75 Å². The molecule has 1 aromatic rings. The van der Waals surface area contributed by atoms with Crippen LogP contribution in [0.2, 0.25) is 0 Å². The Morgan fingerprint density at radius 2 is 1.89 bits per heavy atom. The molecule has 108 valence electrons. The van der Waals surface area contributed by atoms with Crippen LogP contribution >= 0.6 is 11.8 Å². The van der Waals surface area contributed by atoms with E-state index in [1.165, 1.54) is 18.6 Å². The van der Waals surface area contributed by atoms with Crippen LogP contribution in [0.4, 0.5) is 11.6 Å². The Balaban J connectivity index is 2.46. The van der Waals surface area contributed by atoms with Crippen molar-refractivity contribution < 1.29 is 4.74 Å². The second-order valence-electron chi connectivity index (χ2n) is 4.11. The number of rotatable bonds is 10. The van der Waals surface area contributed by atoms with Crippen LogP contribution in [0.3, 0.4) is 0 Å². The summed E-state index contributed by atoms with van der Waals surface area (Å²) in [6, 6.07) is 0. The van der Waals surface area contributed by atoms with Crippen LogP contribution in [0.25, 0.3) is 0 Å². The summed E-state index contributed by atoms with van der Waals surface area (Å²) < 4.78 is 5.37. The van der Waals surface area contributed by atoms with Crippen molar-refractivity contribution >= 4 is 23.4 Å². The Bertz CT molecular complexity index is 362. The van der Waals surface area contributed by atoms with Gasteiger partial charge in [0.05, 0.1) is 7.11 Å². The first-order valence-corrected chi connectivity index (χ1v) is 8.08. The number of anilines is 2. The number of hydrogen-bond donors (Lipinski definition) is 2. The number of aromatic nitrogens is 2. The van der Waals surface area contributed by atoms with Gasteiger partial charge >= 0.3 is 0 Å². The molecule has 0 aliphatic rings. The van der Waals surface area contributed by atoms with Crippen LogP contribution in [-0.2, 0) is 0 Å². The summed E-state index contributed by atoms with van der Waals surface area (Å²) in [5, 5.41) is 6.48. The molecule has 6 heteroatoms. The zero-order valence-electron chi connectivity index (χ0n) is 12.0. The maximum atomic E-state index is 5.37. The van der Waals surface area contributed by atoms with Gasteiger partial charge < -0.3 is 15.4 Å². The lowest BCUT2D eigenvalue weighted by molar-refractivity contribution is 0.414. The van der Waals surface area contributed by atoms with Crippen LogP contribution in [0.1, 0.15) is 26.2 Å². The molecule has 0 fully saturated rings. The van der Waals surface area contributed by atoms with Crippen molar-refractivity contribution in [2.45, 2.75) is 26.2 Å². The molecule has 1 heterocycles. The first-order valence-electron chi connectivity index (χ1n) is 6.69. The Kier molecular flexibility index (Phi) is 8.13. The Labute approximate surface area is 119 Å². The number of nitrogens with zero attached hydrogens (tertiary/aromatic N) is 2. The van der Waals surface area contributed by atoms with E-state index in [0.29, 0.717) is 5.75 Å². The van der Waals surface area contributed by atoms with Crippen LogP contribution < -0.4 is 15.4 Å². The van der Waals surface area contributed by atoms with Gasteiger partial charge in [-0.25, -0.2) is 9.97 Å². The first kappa shape index (κ1) is 15.9. The van der Waals surface area contributed by atoms with Crippen LogP contribution in [0.5, 0.6) is 5.75 Å². The third-order valence-electron chi connectivity index (χ3n) is 2.67. The standard InChI is InChI=1S/C13H24N4OS/c1-4-14-12-11(18-2)13(17-10-16-12)15-8-6-5-7-9-19-3/h10H,4-9H2,1-3H3,(H2,14,15,16,17). The second-order valence-corrected chi connectivity index (χ2v) is 5.10. The quantitative estimate of drug-likeness (QED) is 0.644. The smallest absolute Gasteiger partial charge is 0.204 e. The van der Waals surface area contributed by atoms with E-state index in [1.807, 2.05) is 18.7 Å². The Hall–Kier alpha value is -1.17. The van der Waals surface area contributed by atoms with E-state index >= 15 is 0 Å². The van der Waals surface area contributed by atoms with E-state index in [-0.39, 0.29) is 0 Å². The molecule has 19 heavy (non-hydrogen) atoms. The highest BCUT2D eigenvalue weighted by Crippen LogP contribution is 2.28. The zero-order chi connectivity index (χ0) is 13.9. The number of methoxy groups -OCH3 is 1. The highest BCUT2D eigenvalue weighted by molar-refractivity contribution is 7.98. The molecule has 0 radical (unpaired) electrons. The van der Waals surface area contributed by atoms with Crippen molar-refractivity contribution in [3.05, 3.63) is 6.33 Å². The van der Waals surface area contributed by atoms with Gasteiger partial charge in [0.1, 0.15) is 6.33 Å². The van der Waals surface area contributed by atoms with Crippen molar-refractivity contribution in [3.63, 3.8) is 0 Å². The summed E-state index contributed by atoms with van der Waals surface area (Å²) in [6.45, 7) is 3.75. The second kappa shape index (κ2) is 9.72. The predicted molar refractivity (Wildman–Crippen MR) is 83.5 cm³/mol. The molecule has 2 N–H and O–H groups in total. The topological polar surface area (TPSA) is 59.1 Å². The summed E-state index contributed by atoms with van der Waals surface area (Å²) in [4.78, 5) is 8.41. The molecule has 0 unspecified atom stereocenters. The molecule has 0 aliphatic heterocycles. The molecule has 0 aliphatic carbocycles. The molecule has 1 aromatic heterocycles. The summed E-state index contributed by atoms with van der Waals surface area (Å²) in [5.41, 5.74) is 0. The SMILES string of the molecule is CCNc1ncnc(NCCCCCSC)c1OC. The number of hydrogen-bond acceptors (Lipinski definition) is 6. The van der Waals surface area contributed by atoms with Gasteiger partial charge in [-0.15, -0.1) is 0 Å². The van der Waals surface area contributed by atoms with E-state index in [4.69, 9.17) is 4.74 Å². The largest absolute Gasteiger partial charge is 0.490 e. The minimum atomic E-state index is 0.688. The van der Waals surface area contributed by atoms with E-state index in [1.54, 1.807) is 13.4 Å². The van der Waals surface area contributed by atoms with Crippen molar-refractivity contribution in [2.24, 2.45) is 0 Å². The average Bonchev–Trinajstić information content (AvgIpc) is 2.43. The van der Waals surface area contributed by atoms with Crippen LogP contribution in [0, 0.1) is 0 Å². The van der Waals surface area contributed by atoms with E-state index in [9.17, 15) is 0 Å². The number of nitrogens with one attached hydrogen (secondary N) is 2. The van der Waals surface area contributed by atoms with Gasteiger partial charge in [-0.05, 0) is 31.8 Å². The molecular formula is C13H24N4OS. The Morgan fingerprint density at radius 3 is 2.53 bits per heavy atom. The third kappa shape index (κ3) is 5.55. The lowest BCUT2D eigenvalue weighted by atomic mass is 10.2. The average molecular weight is 284 g/mol. The molecule has 0 spiro atoms. The Morgan fingerprint density at radius 1 is 1.16 bits per heavy atom. The molecule has 1 rings (SSSR count). The normalized spacial score (nSPS) is 10.3. The molecule has 0 saturated heterocycles. The molecule has 0 atom stereocenters. The number of thioether (sulfide) groups is 1. The number of ether oxygens (including phenoxy) is 1. The van der Waals surface area contributed by atoms with Crippen molar-refractivity contribution in [1.82, 2.24) is 9.97 Å². The third-order valence-corrected chi connectivity index (χ3v) is 3.37. The lowest BCUT2D eigenvalue weighted by Gasteiger charge is -2.13. The molecule has 0 bridgehead atoms. The van der Waals surface area contributed by atoms with E-state index in [2.05, 4.69) is 26.9 Å². The van der Waals surface area contributed by atoms with Gasteiger partial charge in [0.2, 0.25) is 5.75 Å². The van der Waals surface area contributed by atoms with E-state index < -0.39 is 0 Å². The van der Waals surface area contributed by atoms with Gasteiger partial charge in [-0.3, -0.25) is 0 Å². The summed E-state index contributed by atoms with van der Waals surface area (Å²) >= 11 is 1.90. The van der Waals surface area contributed by atoms with Gasteiger partial charge in [0.25, 0.3) is 0 Å². The molecule has 0 saturated carbocycles.